The van der Waals surface area contributed by atoms with Gasteiger partial charge in [0.05, 0.1) is 17.6 Å². The number of aromatic nitrogens is 2. The molecule has 2 heterocycles. The number of unbranched alkanes of at least 4 members (excludes halogenated alkanes) is 1. The van der Waals surface area contributed by atoms with Crippen LogP contribution in [0.1, 0.15) is 50.7 Å². The average molecular weight is 378 g/mol. The highest BCUT2D eigenvalue weighted by Gasteiger charge is 2.27. The zero-order chi connectivity index (χ0) is 19.5. The molecule has 148 valence electrons. The summed E-state index contributed by atoms with van der Waals surface area (Å²) < 4.78 is 2.42. The molecule has 0 saturated carbocycles. The molecule has 1 aromatic heterocycles. The second-order valence-electron chi connectivity index (χ2n) is 8.41. The van der Waals surface area contributed by atoms with Crippen molar-refractivity contribution >= 4 is 17.0 Å². The number of fused-ring (bicyclic) bond motifs is 3. The Bertz CT molecular complexity index is 910. The van der Waals surface area contributed by atoms with Crippen molar-refractivity contribution < 1.29 is 4.90 Å². The van der Waals surface area contributed by atoms with E-state index < -0.39 is 0 Å². The number of imidazole rings is 1. The van der Waals surface area contributed by atoms with E-state index in [1.807, 2.05) is 0 Å². The smallest absolute Gasteiger partial charge is 0.215 e. The lowest BCUT2D eigenvalue weighted by Crippen LogP contribution is -3.14. The van der Waals surface area contributed by atoms with Crippen molar-refractivity contribution in [1.82, 2.24) is 9.55 Å². The molecule has 4 nitrogen and oxygen atoms in total. The summed E-state index contributed by atoms with van der Waals surface area (Å²) in [6, 6.07) is 17.8. The summed E-state index contributed by atoms with van der Waals surface area (Å²) in [5.74, 6) is 1.75. The number of quaternary nitrogens is 1. The van der Waals surface area contributed by atoms with Gasteiger partial charge < -0.3 is 4.90 Å². The maximum atomic E-state index is 4.94. The van der Waals surface area contributed by atoms with Gasteiger partial charge in [0.1, 0.15) is 0 Å². The number of hydrogen-bond donors (Lipinski definition) is 1. The quantitative estimate of drug-likeness (QED) is 0.677. The molecular formula is C24H33N4+. The zero-order valence-corrected chi connectivity index (χ0v) is 17.5. The highest BCUT2D eigenvalue weighted by atomic mass is 15.5. The van der Waals surface area contributed by atoms with Crippen LogP contribution in [-0.2, 0) is 13.1 Å². The highest BCUT2D eigenvalue weighted by molar-refractivity contribution is 5.78. The molecule has 1 N–H and O–H groups in total. The molecule has 0 radical (unpaired) electrons. The van der Waals surface area contributed by atoms with Gasteiger partial charge in [0, 0.05) is 13.0 Å². The molecule has 1 unspecified atom stereocenters. The van der Waals surface area contributed by atoms with E-state index in [1.165, 1.54) is 29.5 Å². The van der Waals surface area contributed by atoms with Crippen LogP contribution >= 0.6 is 0 Å². The van der Waals surface area contributed by atoms with Gasteiger partial charge >= 0.3 is 0 Å². The van der Waals surface area contributed by atoms with Gasteiger partial charge in [-0.15, -0.1) is 0 Å². The van der Waals surface area contributed by atoms with E-state index in [0.29, 0.717) is 5.92 Å². The van der Waals surface area contributed by atoms with E-state index in [4.69, 9.17) is 4.98 Å². The third kappa shape index (κ3) is 3.93. The number of para-hydroxylation sites is 2. The fraction of sp³-hybridized carbons (Fsp3) is 0.458. The minimum atomic E-state index is 0.599. The van der Waals surface area contributed by atoms with Crippen LogP contribution in [0.3, 0.4) is 0 Å². The molecule has 28 heavy (non-hydrogen) atoms. The lowest BCUT2D eigenvalue weighted by Gasteiger charge is -2.34. The maximum absolute atomic E-state index is 4.94. The first kappa shape index (κ1) is 19.0. The van der Waals surface area contributed by atoms with Crippen LogP contribution in [0.25, 0.3) is 11.0 Å². The normalized spacial score (nSPS) is 16.7. The van der Waals surface area contributed by atoms with Crippen molar-refractivity contribution in [3.8, 4) is 0 Å². The Morgan fingerprint density at radius 2 is 1.82 bits per heavy atom. The molecular weight excluding hydrogens is 344 g/mol. The van der Waals surface area contributed by atoms with E-state index in [1.54, 1.807) is 4.90 Å². The molecule has 1 aliphatic rings. The van der Waals surface area contributed by atoms with Crippen molar-refractivity contribution in [2.24, 2.45) is 0 Å². The first-order valence-electron chi connectivity index (χ1n) is 10.8. The fourth-order valence-corrected chi connectivity index (χ4v) is 4.15. The standard InChI is InChI=1S/C24H32N4/c1-4-5-15-27-17-26(16-14-20-10-12-21(13-11-20)19(2)3)18-28-23-9-7-6-8-22(23)25-24(27)28/h6-13,19H,4-5,14-18H2,1-3H3/p+1. The monoisotopic (exact) mass is 377 g/mol. The van der Waals surface area contributed by atoms with Crippen molar-refractivity contribution in [2.75, 3.05) is 24.7 Å². The van der Waals surface area contributed by atoms with E-state index in [2.05, 4.69) is 78.8 Å². The summed E-state index contributed by atoms with van der Waals surface area (Å²) >= 11 is 0. The molecule has 4 rings (SSSR count). The molecule has 3 aromatic rings. The fourth-order valence-electron chi connectivity index (χ4n) is 4.15. The minimum absolute atomic E-state index is 0.599. The van der Waals surface area contributed by atoms with Gasteiger partial charge in [0.2, 0.25) is 5.95 Å². The highest BCUT2D eigenvalue weighted by Crippen LogP contribution is 2.23. The predicted octanol–water partition coefficient (Wildman–Crippen LogP) is 3.82. The average Bonchev–Trinajstić information content (AvgIpc) is 3.09. The second kappa shape index (κ2) is 8.36. The topological polar surface area (TPSA) is 25.5 Å². The SMILES string of the molecule is CCCCN1C[NH+](CCc2ccc(C(C)C)cc2)Cn2c1nc1ccccc12. The third-order valence-corrected chi connectivity index (χ3v) is 5.91. The number of rotatable bonds is 7. The summed E-state index contributed by atoms with van der Waals surface area (Å²) in [5, 5.41) is 0. The van der Waals surface area contributed by atoms with Gasteiger partial charge in [-0.25, -0.2) is 4.98 Å². The molecule has 1 atom stereocenters. The zero-order valence-electron chi connectivity index (χ0n) is 17.5. The largest absolute Gasteiger partial charge is 0.300 e. The molecule has 0 bridgehead atoms. The van der Waals surface area contributed by atoms with Crippen molar-refractivity contribution in [1.29, 1.82) is 0 Å². The number of nitrogens with one attached hydrogen (secondary N) is 1. The van der Waals surface area contributed by atoms with Gasteiger partial charge in [-0.2, -0.15) is 0 Å². The minimum Gasteiger partial charge on any atom is -0.300 e. The molecule has 0 amide bonds. The van der Waals surface area contributed by atoms with Gasteiger partial charge in [-0.3, -0.25) is 9.47 Å². The first-order valence-corrected chi connectivity index (χ1v) is 10.8. The van der Waals surface area contributed by atoms with E-state index in [0.717, 1.165) is 44.3 Å². The van der Waals surface area contributed by atoms with Gasteiger partial charge in [-0.1, -0.05) is 63.6 Å². The van der Waals surface area contributed by atoms with Crippen LogP contribution in [0.2, 0.25) is 0 Å². The Labute approximate surface area is 168 Å². The maximum Gasteiger partial charge on any atom is 0.215 e. The third-order valence-electron chi connectivity index (χ3n) is 5.91. The molecule has 1 aliphatic heterocycles. The van der Waals surface area contributed by atoms with Gasteiger partial charge in [0.15, 0.2) is 13.3 Å². The Kier molecular flexibility index (Phi) is 5.67. The van der Waals surface area contributed by atoms with Crippen LogP contribution < -0.4 is 9.80 Å². The molecule has 0 saturated heterocycles. The Morgan fingerprint density at radius 3 is 2.57 bits per heavy atom. The Hall–Kier alpha value is -2.33. The summed E-state index contributed by atoms with van der Waals surface area (Å²) in [7, 11) is 0. The molecule has 4 heteroatoms. The summed E-state index contributed by atoms with van der Waals surface area (Å²) in [4.78, 5) is 9.04. The van der Waals surface area contributed by atoms with E-state index in [9.17, 15) is 0 Å². The second-order valence-corrected chi connectivity index (χ2v) is 8.41. The lowest BCUT2D eigenvalue weighted by atomic mass is 10.0. The number of hydrogen-bond acceptors (Lipinski definition) is 2. The van der Waals surface area contributed by atoms with E-state index >= 15 is 0 Å². The molecule has 0 aliphatic carbocycles. The Balaban J connectivity index is 1.50. The number of nitrogens with zero attached hydrogens (tertiary/aromatic N) is 3. The van der Waals surface area contributed by atoms with Gasteiger partial charge in [0.25, 0.3) is 0 Å². The van der Waals surface area contributed by atoms with E-state index in [-0.39, 0.29) is 0 Å². The van der Waals surface area contributed by atoms with Crippen LogP contribution in [-0.4, -0.2) is 29.3 Å². The van der Waals surface area contributed by atoms with Crippen LogP contribution in [0, 0.1) is 0 Å². The lowest BCUT2D eigenvalue weighted by molar-refractivity contribution is -0.924. The van der Waals surface area contributed by atoms with Crippen molar-refractivity contribution in [3.63, 3.8) is 0 Å². The molecule has 2 aromatic carbocycles. The predicted molar refractivity (Wildman–Crippen MR) is 117 cm³/mol. The van der Waals surface area contributed by atoms with Crippen molar-refractivity contribution in [2.45, 2.75) is 52.6 Å². The molecule has 0 spiro atoms. The summed E-state index contributed by atoms with van der Waals surface area (Å²) in [6.07, 6.45) is 3.55. The van der Waals surface area contributed by atoms with Crippen LogP contribution in [0.15, 0.2) is 48.5 Å². The van der Waals surface area contributed by atoms with Gasteiger partial charge in [-0.05, 0) is 35.6 Å². The van der Waals surface area contributed by atoms with Crippen molar-refractivity contribution in [3.05, 3.63) is 59.7 Å². The van der Waals surface area contributed by atoms with Crippen LogP contribution in [0.5, 0.6) is 0 Å². The number of anilines is 1. The summed E-state index contributed by atoms with van der Waals surface area (Å²) in [5.41, 5.74) is 5.25. The molecule has 0 fully saturated rings. The number of benzene rings is 2. The summed E-state index contributed by atoms with van der Waals surface area (Å²) in [6.45, 7) is 11.1. The first-order chi connectivity index (χ1) is 13.7. The van der Waals surface area contributed by atoms with Crippen LogP contribution in [0.4, 0.5) is 5.95 Å². The Morgan fingerprint density at radius 1 is 1.04 bits per heavy atom.